The summed E-state index contributed by atoms with van der Waals surface area (Å²) in [6.07, 6.45) is 1.17. The highest BCUT2D eigenvalue weighted by atomic mass is 16.5. The minimum Gasteiger partial charge on any atom is -0.380 e. The van der Waals surface area contributed by atoms with Crippen molar-refractivity contribution in [2.75, 3.05) is 52.5 Å². The van der Waals surface area contributed by atoms with Crippen LogP contribution in [0, 0.1) is 0 Å². The molecule has 0 aromatic heterocycles. The molecule has 1 fully saturated rings. The van der Waals surface area contributed by atoms with E-state index in [1.807, 2.05) is 0 Å². The van der Waals surface area contributed by atoms with Gasteiger partial charge < -0.3 is 9.64 Å². The van der Waals surface area contributed by atoms with E-state index < -0.39 is 0 Å². The Balaban J connectivity index is 1.61. The first-order valence-corrected chi connectivity index (χ1v) is 7.45. The van der Waals surface area contributed by atoms with E-state index in [0.717, 1.165) is 19.8 Å². The summed E-state index contributed by atoms with van der Waals surface area (Å²) < 4.78 is 5.41. The van der Waals surface area contributed by atoms with Crippen molar-refractivity contribution in [2.24, 2.45) is 0 Å². The fraction of sp³-hybridized carbons (Fsp3) is 0.625. The van der Waals surface area contributed by atoms with E-state index in [0.29, 0.717) is 0 Å². The lowest BCUT2D eigenvalue weighted by Gasteiger charge is -2.34. The van der Waals surface area contributed by atoms with Gasteiger partial charge in [0.2, 0.25) is 0 Å². The summed E-state index contributed by atoms with van der Waals surface area (Å²) >= 11 is 0. The Morgan fingerprint density at radius 2 is 1.58 bits per heavy atom. The van der Waals surface area contributed by atoms with E-state index in [-0.39, 0.29) is 0 Å². The number of piperazine rings is 1. The van der Waals surface area contributed by atoms with Gasteiger partial charge in [0.05, 0.1) is 6.61 Å². The van der Waals surface area contributed by atoms with E-state index in [2.05, 4.69) is 47.1 Å². The molecule has 1 heterocycles. The van der Waals surface area contributed by atoms with Crippen molar-refractivity contribution in [1.82, 2.24) is 9.80 Å². The molecule has 19 heavy (non-hydrogen) atoms. The Morgan fingerprint density at radius 1 is 0.947 bits per heavy atom. The number of nitrogens with zero attached hydrogens (tertiary/aromatic N) is 2. The zero-order valence-electron chi connectivity index (χ0n) is 12.1. The lowest BCUT2D eigenvalue weighted by atomic mass is 10.1. The van der Waals surface area contributed by atoms with E-state index in [9.17, 15) is 0 Å². The largest absolute Gasteiger partial charge is 0.380 e. The highest BCUT2D eigenvalue weighted by molar-refractivity contribution is 5.14. The second-order valence-electron chi connectivity index (χ2n) is 5.12. The maximum atomic E-state index is 5.41. The Morgan fingerprint density at radius 3 is 2.21 bits per heavy atom. The number of hydrogen-bond donors (Lipinski definition) is 0. The number of benzene rings is 1. The van der Waals surface area contributed by atoms with Gasteiger partial charge in [-0.2, -0.15) is 0 Å². The van der Waals surface area contributed by atoms with Crippen molar-refractivity contribution in [3.05, 3.63) is 35.9 Å². The topological polar surface area (TPSA) is 15.7 Å². The third-order valence-corrected chi connectivity index (χ3v) is 3.78. The van der Waals surface area contributed by atoms with Crippen LogP contribution in [0.3, 0.4) is 0 Å². The van der Waals surface area contributed by atoms with Crippen molar-refractivity contribution in [1.29, 1.82) is 0 Å². The number of hydrogen-bond acceptors (Lipinski definition) is 3. The molecule has 0 atom stereocenters. The lowest BCUT2D eigenvalue weighted by Crippen LogP contribution is -2.47. The molecule has 106 valence electrons. The number of rotatable bonds is 7. The van der Waals surface area contributed by atoms with Gasteiger partial charge >= 0.3 is 0 Å². The predicted molar refractivity (Wildman–Crippen MR) is 79.5 cm³/mol. The first kappa shape index (κ1) is 14.5. The molecule has 0 amide bonds. The van der Waals surface area contributed by atoms with Gasteiger partial charge in [0.15, 0.2) is 0 Å². The molecule has 1 aliphatic heterocycles. The predicted octanol–water partition coefficient (Wildman–Crippen LogP) is 1.88. The fourth-order valence-corrected chi connectivity index (χ4v) is 2.51. The van der Waals surface area contributed by atoms with Gasteiger partial charge in [-0.25, -0.2) is 0 Å². The molecule has 3 nitrogen and oxygen atoms in total. The van der Waals surface area contributed by atoms with Crippen LogP contribution in [0.5, 0.6) is 0 Å². The average Bonchev–Trinajstić information content (AvgIpc) is 2.48. The van der Waals surface area contributed by atoms with E-state index in [1.165, 1.54) is 44.7 Å². The van der Waals surface area contributed by atoms with Crippen molar-refractivity contribution >= 4 is 0 Å². The van der Waals surface area contributed by atoms with Crippen LogP contribution in [0.25, 0.3) is 0 Å². The minimum atomic E-state index is 0.830. The molecule has 1 saturated heterocycles. The smallest absolute Gasteiger partial charge is 0.0593 e. The molecule has 0 aliphatic carbocycles. The summed E-state index contributed by atoms with van der Waals surface area (Å²) in [6, 6.07) is 10.8. The Bertz CT molecular complexity index is 334. The van der Waals surface area contributed by atoms with Crippen molar-refractivity contribution < 1.29 is 4.74 Å². The molecule has 2 rings (SSSR count). The molecule has 0 saturated carbocycles. The maximum absolute atomic E-state index is 5.41. The second-order valence-corrected chi connectivity index (χ2v) is 5.12. The monoisotopic (exact) mass is 262 g/mol. The third kappa shape index (κ3) is 5.31. The zero-order chi connectivity index (χ0) is 13.3. The van der Waals surface area contributed by atoms with Gasteiger partial charge in [-0.05, 0) is 18.9 Å². The van der Waals surface area contributed by atoms with Gasteiger partial charge in [-0.1, -0.05) is 30.3 Å². The summed E-state index contributed by atoms with van der Waals surface area (Å²) in [4.78, 5) is 5.08. The molecule has 1 aromatic rings. The summed E-state index contributed by atoms with van der Waals surface area (Å²) in [5, 5.41) is 0. The molecule has 0 unspecified atom stereocenters. The maximum Gasteiger partial charge on any atom is 0.0593 e. The fourth-order valence-electron chi connectivity index (χ4n) is 2.51. The molecular formula is C16H26N2O. The molecule has 3 heteroatoms. The summed E-state index contributed by atoms with van der Waals surface area (Å²) in [5.41, 5.74) is 1.45. The first-order chi connectivity index (χ1) is 9.38. The second kappa shape index (κ2) is 8.31. The number of ether oxygens (including phenoxy) is 1. The Labute approximate surface area is 117 Å². The highest BCUT2D eigenvalue weighted by Crippen LogP contribution is 2.05. The lowest BCUT2D eigenvalue weighted by molar-refractivity contribution is 0.0813. The first-order valence-electron chi connectivity index (χ1n) is 7.45. The average molecular weight is 262 g/mol. The molecule has 0 N–H and O–H groups in total. The van der Waals surface area contributed by atoms with E-state index in [4.69, 9.17) is 4.74 Å². The standard InChI is InChI=1S/C16H26N2O/c1-2-19-15-14-18-12-10-17(11-13-18)9-8-16-6-4-3-5-7-16/h3-7H,2,8-15H2,1H3. The van der Waals surface area contributed by atoms with Crippen LogP contribution in [-0.2, 0) is 11.2 Å². The van der Waals surface area contributed by atoms with E-state index >= 15 is 0 Å². The molecule has 1 aromatic carbocycles. The Kier molecular flexibility index (Phi) is 6.34. The van der Waals surface area contributed by atoms with Crippen LogP contribution in [0.15, 0.2) is 30.3 Å². The quantitative estimate of drug-likeness (QED) is 0.698. The zero-order valence-corrected chi connectivity index (χ0v) is 12.1. The van der Waals surface area contributed by atoms with Gasteiger partial charge in [-0.3, -0.25) is 4.90 Å². The molecule has 0 spiro atoms. The van der Waals surface area contributed by atoms with Crippen LogP contribution >= 0.6 is 0 Å². The van der Waals surface area contributed by atoms with E-state index in [1.54, 1.807) is 0 Å². The Hall–Kier alpha value is -0.900. The summed E-state index contributed by atoms with van der Waals surface area (Å²) in [7, 11) is 0. The molecular weight excluding hydrogens is 236 g/mol. The van der Waals surface area contributed by atoms with Crippen molar-refractivity contribution in [3.8, 4) is 0 Å². The molecule has 1 aliphatic rings. The van der Waals surface area contributed by atoms with Gasteiger partial charge in [0.1, 0.15) is 0 Å². The van der Waals surface area contributed by atoms with Crippen molar-refractivity contribution in [2.45, 2.75) is 13.3 Å². The van der Waals surface area contributed by atoms with Crippen molar-refractivity contribution in [3.63, 3.8) is 0 Å². The highest BCUT2D eigenvalue weighted by Gasteiger charge is 2.15. The van der Waals surface area contributed by atoms with Gasteiger partial charge in [0.25, 0.3) is 0 Å². The van der Waals surface area contributed by atoms with Gasteiger partial charge in [0, 0.05) is 45.9 Å². The van der Waals surface area contributed by atoms with Crippen LogP contribution in [-0.4, -0.2) is 62.3 Å². The molecule has 0 bridgehead atoms. The summed E-state index contributed by atoms with van der Waals surface area (Å²) in [6.45, 7) is 10.8. The van der Waals surface area contributed by atoms with Gasteiger partial charge in [-0.15, -0.1) is 0 Å². The van der Waals surface area contributed by atoms with Crippen LogP contribution in [0.2, 0.25) is 0 Å². The SMILES string of the molecule is CCOCCN1CCN(CCc2ccccc2)CC1. The normalized spacial score (nSPS) is 17.7. The minimum absolute atomic E-state index is 0.830. The third-order valence-electron chi connectivity index (χ3n) is 3.78. The summed E-state index contributed by atoms with van der Waals surface area (Å²) in [5.74, 6) is 0. The van der Waals surface area contributed by atoms with Crippen LogP contribution in [0.4, 0.5) is 0 Å². The molecule has 0 radical (unpaired) electrons. The van der Waals surface area contributed by atoms with Crippen LogP contribution < -0.4 is 0 Å². The van der Waals surface area contributed by atoms with Crippen LogP contribution in [0.1, 0.15) is 12.5 Å².